The molecule has 0 unspecified atom stereocenters. The summed E-state index contributed by atoms with van der Waals surface area (Å²) in [4.78, 5) is 8.30. The number of aryl methyl sites for hydroxylation is 1. The highest BCUT2D eigenvalue weighted by atomic mass is 15.2. The maximum Gasteiger partial charge on any atom is 0.142 e. The third kappa shape index (κ3) is 2.52. The Morgan fingerprint density at radius 2 is 2.46 bits per heavy atom. The van der Waals surface area contributed by atoms with Crippen molar-refractivity contribution in [2.75, 3.05) is 6.54 Å². The molecule has 70 valence electrons. The van der Waals surface area contributed by atoms with Crippen LogP contribution in [0.3, 0.4) is 0 Å². The first-order chi connectivity index (χ1) is 6.27. The van der Waals surface area contributed by atoms with Gasteiger partial charge in [0.05, 0.1) is 0 Å². The van der Waals surface area contributed by atoms with Crippen LogP contribution in [0, 0.1) is 6.92 Å². The molecule has 0 aliphatic rings. The van der Waals surface area contributed by atoms with Gasteiger partial charge in [0.1, 0.15) is 5.84 Å². The molecule has 1 rings (SSSR count). The topological polar surface area (TPSA) is 63.3 Å². The third-order valence-corrected chi connectivity index (χ3v) is 1.62. The second kappa shape index (κ2) is 4.57. The van der Waals surface area contributed by atoms with Crippen molar-refractivity contribution >= 4 is 5.84 Å². The molecular weight excluding hydrogens is 164 g/mol. The van der Waals surface area contributed by atoms with Crippen LogP contribution in [0.5, 0.6) is 0 Å². The molecule has 1 aromatic rings. The minimum atomic E-state index is 0.702. The van der Waals surface area contributed by atoms with E-state index in [1.165, 1.54) is 0 Å². The van der Waals surface area contributed by atoms with Gasteiger partial charge in [-0.3, -0.25) is 9.98 Å². The molecule has 1 aromatic heterocycles. The first-order valence-corrected chi connectivity index (χ1v) is 4.22. The minimum absolute atomic E-state index is 0.702. The van der Waals surface area contributed by atoms with Crippen molar-refractivity contribution in [1.82, 2.24) is 10.4 Å². The van der Waals surface area contributed by atoms with Crippen molar-refractivity contribution in [3.8, 4) is 0 Å². The van der Waals surface area contributed by atoms with Crippen LogP contribution in [0.4, 0.5) is 0 Å². The van der Waals surface area contributed by atoms with Gasteiger partial charge in [-0.1, -0.05) is 0 Å². The van der Waals surface area contributed by atoms with Crippen LogP contribution >= 0.6 is 0 Å². The summed E-state index contributed by atoms with van der Waals surface area (Å²) in [6, 6.07) is 3.82. The quantitative estimate of drug-likeness (QED) is 0.302. The molecular formula is C9H14N4. The fourth-order valence-electron chi connectivity index (χ4n) is 1.07. The number of hydrazine groups is 1. The van der Waals surface area contributed by atoms with E-state index in [-0.39, 0.29) is 0 Å². The zero-order valence-electron chi connectivity index (χ0n) is 7.91. The van der Waals surface area contributed by atoms with Gasteiger partial charge in [0.15, 0.2) is 0 Å². The van der Waals surface area contributed by atoms with Crippen molar-refractivity contribution in [2.45, 2.75) is 13.8 Å². The molecule has 4 heteroatoms. The summed E-state index contributed by atoms with van der Waals surface area (Å²) in [5, 5.41) is 0. The van der Waals surface area contributed by atoms with Crippen molar-refractivity contribution < 1.29 is 0 Å². The van der Waals surface area contributed by atoms with E-state index in [0.29, 0.717) is 12.4 Å². The van der Waals surface area contributed by atoms with Gasteiger partial charge >= 0.3 is 0 Å². The lowest BCUT2D eigenvalue weighted by Gasteiger charge is -2.05. The number of nitrogens with two attached hydrogens (primary N) is 1. The fraction of sp³-hybridized carbons (Fsp3) is 0.333. The molecule has 0 aliphatic heterocycles. The van der Waals surface area contributed by atoms with Crippen LogP contribution in [0.15, 0.2) is 23.3 Å². The summed E-state index contributed by atoms with van der Waals surface area (Å²) in [5.41, 5.74) is 4.49. The Labute approximate surface area is 77.9 Å². The number of nitrogens with one attached hydrogen (secondary N) is 1. The van der Waals surface area contributed by atoms with Crippen molar-refractivity contribution in [2.24, 2.45) is 10.8 Å². The molecule has 0 atom stereocenters. The number of aliphatic imine (C=N–C) groups is 1. The molecule has 3 N–H and O–H groups in total. The average molecular weight is 178 g/mol. The van der Waals surface area contributed by atoms with E-state index in [1.54, 1.807) is 6.20 Å². The van der Waals surface area contributed by atoms with Crippen molar-refractivity contribution in [3.05, 3.63) is 29.6 Å². The van der Waals surface area contributed by atoms with E-state index in [9.17, 15) is 0 Å². The molecule has 0 saturated carbocycles. The SMILES string of the molecule is CCN=C(NN)c1ccnc(C)c1. The summed E-state index contributed by atoms with van der Waals surface area (Å²) in [7, 11) is 0. The molecule has 0 amide bonds. The van der Waals surface area contributed by atoms with Crippen LogP contribution in [-0.4, -0.2) is 17.4 Å². The molecule has 13 heavy (non-hydrogen) atoms. The Morgan fingerprint density at radius 3 is 3.00 bits per heavy atom. The monoisotopic (exact) mass is 178 g/mol. The number of nitrogens with zero attached hydrogens (tertiary/aromatic N) is 2. The zero-order valence-corrected chi connectivity index (χ0v) is 7.91. The Balaban J connectivity index is 2.98. The molecule has 4 nitrogen and oxygen atoms in total. The van der Waals surface area contributed by atoms with Crippen LogP contribution in [0.25, 0.3) is 0 Å². The number of hydrogen-bond acceptors (Lipinski definition) is 3. The fourth-order valence-corrected chi connectivity index (χ4v) is 1.07. The van der Waals surface area contributed by atoms with Gasteiger partial charge in [-0.2, -0.15) is 0 Å². The minimum Gasteiger partial charge on any atom is -0.308 e. The van der Waals surface area contributed by atoms with Gasteiger partial charge in [0.25, 0.3) is 0 Å². The second-order valence-electron chi connectivity index (χ2n) is 2.65. The first-order valence-electron chi connectivity index (χ1n) is 4.22. The van der Waals surface area contributed by atoms with Gasteiger partial charge in [-0.15, -0.1) is 0 Å². The zero-order chi connectivity index (χ0) is 9.68. The largest absolute Gasteiger partial charge is 0.308 e. The highest BCUT2D eigenvalue weighted by Crippen LogP contribution is 2.00. The van der Waals surface area contributed by atoms with Gasteiger partial charge in [0.2, 0.25) is 0 Å². The van der Waals surface area contributed by atoms with Gasteiger partial charge in [0, 0.05) is 24.0 Å². The van der Waals surface area contributed by atoms with Gasteiger partial charge in [-0.05, 0) is 26.0 Å². The summed E-state index contributed by atoms with van der Waals surface area (Å²) in [6.45, 7) is 4.61. The van der Waals surface area contributed by atoms with E-state index in [0.717, 1.165) is 11.3 Å². The smallest absolute Gasteiger partial charge is 0.142 e. The lowest BCUT2D eigenvalue weighted by Crippen LogP contribution is -2.31. The molecule has 0 radical (unpaired) electrons. The first kappa shape index (κ1) is 9.67. The predicted molar refractivity (Wildman–Crippen MR) is 53.4 cm³/mol. The maximum atomic E-state index is 5.34. The summed E-state index contributed by atoms with van der Waals surface area (Å²) >= 11 is 0. The maximum absolute atomic E-state index is 5.34. The summed E-state index contributed by atoms with van der Waals surface area (Å²) in [5.74, 6) is 6.04. The highest BCUT2D eigenvalue weighted by Gasteiger charge is 2.00. The Kier molecular flexibility index (Phi) is 3.40. The normalized spacial score (nSPS) is 11.5. The Bertz CT molecular complexity index is 306. The molecule has 0 spiro atoms. The standard InChI is InChI=1S/C9H14N4/c1-3-11-9(13-10)8-4-5-12-7(2)6-8/h4-6H,3,10H2,1-2H3,(H,11,13). The van der Waals surface area contributed by atoms with E-state index < -0.39 is 0 Å². The number of hydrogen-bond donors (Lipinski definition) is 2. The van der Waals surface area contributed by atoms with E-state index in [2.05, 4.69) is 15.4 Å². The van der Waals surface area contributed by atoms with E-state index in [1.807, 2.05) is 26.0 Å². The number of rotatable bonds is 2. The van der Waals surface area contributed by atoms with Crippen LogP contribution < -0.4 is 11.3 Å². The molecule has 0 bridgehead atoms. The van der Waals surface area contributed by atoms with Crippen molar-refractivity contribution in [1.29, 1.82) is 0 Å². The Morgan fingerprint density at radius 1 is 1.69 bits per heavy atom. The molecule has 0 aromatic carbocycles. The molecule has 0 fully saturated rings. The van der Waals surface area contributed by atoms with Gasteiger partial charge < -0.3 is 5.43 Å². The number of amidine groups is 1. The second-order valence-corrected chi connectivity index (χ2v) is 2.65. The highest BCUT2D eigenvalue weighted by molar-refractivity contribution is 5.98. The third-order valence-electron chi connectivity index (χ3n) is 1.62. The number of aromatic nitrogens is 1. The van der Waals surface area contributed by atoms with Crippen LogP contribution in [0.1, 0.15) is 18.2 Å². The van der Waals surface area contributed by atoms with Crippen LogP contribution in [0.2, 0.25) is 0 Å². The Hall–Kier alpha value is -1.42. The van der Waals surface area contributed by atoms with Crippen LogP contribution in [-0.2, 0) is 0 Å². The molecule has 1 heterocycles. The van der Waals surface area contributed by atoms with Gasteiger partial charge in [-0.25, -0.2) is 5.84 Å². The lowest BCUT2D eigenvalue weighted by molar-refractivity contribution is 0.989. The summed E-state index contributed by atoms with van der Waals surface area (Å²) in [6.07, 6.45) is 1.74. The molecule has 0 aliphatic carbocycles. The average Bonchev–Trinajstić information content (AvgIpc) is 2.14. The predicted octanol–water partition coefficient (Wildman–Crippen LogP) is 0.620. The lowest BCUT2D eigenvalue weighted by atomic mass is 10.2. The van der Waals surface area contributed by atoms with E-state index in [4.69, 9.17) is 5.84 Å². The summed E-state index contributed by atoms with van der Waals surface area (Å²) < 4.78 is 0. The molecule has 0 saturated heterocycles. The van der Waals surface area contributed by atoms with Crippen molar-refractivity contribution in [3.63, 3.8) is 0 Å². The number of pyridine rings is 1. The van der Waals surface area contributed by atoms with E-state index >= 15 is 0 Å².